The molecule has 108 valence electrons. The first-order valence-electron chi connectivity index (χ1n) is 6.09. The highest BCUT2D eigenvalue weighted by Gasteiger charge is 2.17. The molecule has 0 aliphatic rings. The maximum atomic E-state index is 12.6. The number of phenolic OH excluding ortho intramolecular Hbond substituents is 2. The topological polar surface area (TPSA) is 89.1 Å². The van der Waals surface area contributed by atoms with Crippen molar-refractivity contribution in [2.24, 2.45) is 0 Å². The zero-order valence-corrected chi connectivity index (χ0v) is 11.3. The molecule has 0 fully saturated rings. The van der Waals surface area contributed by atoms with E-state index in [-0.39, 0.29) is 39.2 Å². The van der Waals surface area contributed by atoms with Crippen LogP contribution in [0.5, 0.6) is 23.0 Å². The van der Waals surface area contributed by atoms with Crippen LogP contribution in [-0.2, 0) is 0 Å². The van der Waals surface area contributed by atoms with Gasteiger partial charge in [0.25, 0.3) is 0 Å². The smallest absolute Gasteiger partial charge is 0.208 e. The van der Waals surface area contributed by atoms with Gasteiger partial charge < -0.3 is 24.1 Å². The zero-order valence-electron chi connectivity index (χ0n) is 11.3. The second-order valence-electron chi connectivity index (χ2n) is 4.47. The van der Waals surface area contributed by atoms with Gasteiger partial charge in [-0.15, -0.1) is 0 Å². The Bertz CT molecular complexity index is 909. The van der Waals surface area contributed by atoms with Gasteiger partial charge in [-0.1, -0.05) is 0 Å². The summed E-state index contributed by atoms with van der Waals surface area (Å²) in [5.74, 6) is 0.203. The summed E-state index contributed by atoms with van der Waals surface area (Å²) in [5.41, 5.74) is -0.114. The number of methoxy groups -OCH3 is 2. The summed E-state index contributed by atoms with van der Waals surface area (Å²) in [6, 6.07) is 5.45. The first kappa shape index (κ1) is 13.1. The van der Waals surface area contributed by atoms with Gasteiger partial charge in [0.1, 0.15) is 44.9 Å². The van der Waals surface area contributed by atoms with E-state index in [1.807, 2.05) is 0 Å². The van der Waals surface area contributed by atoms with E-state index in [0.717, 1.165) is 0 Å². The van der Waals surface area contributed by atoms with Crippen molar-refractivity contribution in [1.82, 2.24) is 0 Å². The predicted octanol–water partition coefficient (Wildman–Crippen LogP) is 2.37. The lowest BCUT2D eigenvalue weighted by molar-refractivity contribution is 0.407. The van der Waals surface area contributed by atoms with E-state index >= 15 is 0 Å². The van der Waals surface area contributed by atoms with E-state index in [0.29, 0.717) is 5.75 Å². The second-order valence-corrected chi connectivity index (χ2v) is 4.47. The van der Waals surface area contributed by atoms with Gasteiger partial charge in [0.15, 0.2) is 0 Å². The molecule has 0 radical (unpaired) electrons. The van der Waals surface area contributed by atoms with E-state index in [9.17, 15) is 15.0 Å². The first-order chi connectivity index (χ1) is 10.0. The van der Waals surface area contributed by atoms with Crippen molar-refractivity contribution in [1.29, 1.82) is 0 Å². The standard InChI is InChI=1S/C15H12O6/c1-19-8-5-9(17)13-12(6-8)21-11-4-7(16)3-10(20-2)14(11)15(13)18/h3-6,16-17H,1-2H3. The molecule has 0 spiro atoms. The summed E-state index contributed by atoms with van der Waals surface area (Å²) in [6.45, 7) is 0. The summed E-state index contributed by atoms with van der Waals surface area (Å²) < 4.78 is 15.7. The highest BCUT2D eigenvalue weighted by Crippen LogP contribution is 2.34. The van der Waals surface area contributed by atoms with Crippen molar-refractivity contribution < 1.29 is 24.1 Å². The van der Waals surface area contributed by atoms with Crippen molar-refractivity contribution in [2.45, 2.75) is 0 Å². The molecule has 1 aromatic heterocycles. The molecule has 0 amide bonds. The molecule has 3 aromatic rings. The quantitative estimate of drug-likeness (QED) is 0.704. The maximum Gasteiger partial charge on any atom is 0.208 e. The van der Waals surface area contributed by atoms with Gasteiger partial charge in [-0.2, -0.15) is 0 Å². The van der Waals surface area contributed by atoms with E-state index in [1.165, 1.54) is 38.5 Å². The van der Waals surface area contributed by atoms with Crippen LogP contribution in [0.1, 0.15) is 0 Å². The second kappa shape index (κ2) is 4.59. The minimum absolute atomic E-state index is 0.0345. The maximum absolute atomic E-state index is 12.6. The molecule has 0 aliphatic carbocycles. The Kier molecular flexibility index (Phi) is 2.86. The van der Waals surface area contributed by atoms with E-state index in [2.05, 4.69) is 0 Å². The molecule has 21 heavy (non-hydrogen) atoms. The molecule has 6 heteroatoms. The van der Waals surface area contributed by atoms with Crippen LogP contribution in [0.15, 0.2) is 33.5 Å². The Morgan fingerprint density at radius 3 is 2.33 bits per heavy atom. The molecule has 0 saturated heterocycles. The lowest BCUT2D eigenvalue weighted by Gasteiger charge is -2.09. The van der Waals surface area contributed by atoms with Crippen molar-refractivity contribution in [3.05, 3.63) is 34.5 Å². The molecule has 3 rings (SSSR count). The zero-order chi connectivity index (χ0) is 15.1. The van der Waals surface area contributed by atoms with Crippen molar-refractivity contribution in [3.63, 3.8) is 0 Å². The Balaban J connectivity index is 2.55. The van der Waals surface area contributed by atoms with Crippen LogP contribution in [0, 0.1) is 0 Å². The van der Waals surface area contributed by atoms with Gasteiger partial charge in [0.05, 0.1) is 14.2 Å². The van der Waals surface area contributed by atoms with Crippen LogP contribution in [0.2, 0.25) is 0 Å². The van der Waals surface area contributed by atoms with Crippen LogP contribution >= 0.6 is 0 Å². The number of phenols is 2. The summed E-state index contributed by atoms with van der Waals surface area (Å²) in [6.07, 6.45) is 0. The fraction of sp³-hybridized carbons (Fsp3) is 0.133. The average Bonchev–Trinajstić information content (AvgIpc) is 2.45. The van der Waals surface area contributed by atoms with Gasteiger partial charge in [-0.3, -0.25) is 4.79 Å². The first-order valence-corrected chi connectivity index (χ1v) is 6.09. The van der Waals surface area contributed by atoms with Gasteiger partial charge in [0, 0.05) is 24.3 Å². The van der Waals surface area contributed by atoms with Crippen molar-refractivity contribution in [2.75, 3.05) is 14.2 Å². The lowest BCUT2D eigenvalue weighted by atomic mass is 10.1. The van der Waals surface area contributed by atoms with Crippen LogP contribution in [0.3, 0.4) is 0 Å². The van der Waals surface area contributed by atoms with E-state index in [1.54, 1.807) is 0 Å². The van der Waals surface area contributed by atoms with E-state index in [4.69, 9.17) is 13.9 Å². The van der Waals surface area contributed by atoms with Crippen LogP contribution in [0.4, 0.5) is 0 Å². The molecule has 2 aromatic carbocycles. The summed E-state index contributed by atoms with van der Waals surface area (Å²) in [7, 11) is 2.82. The van der Waals surface area contributed by atoms with Gasteiger partial charge in [-0.25, -0.2) is 0 Å². The molecule has 0 saturated carbocycles. The third-order valence-electron chi connectivity index (χ3n) is 3.24. The number of hydrogen-bond acceptors (Lipinski definition) is 6. The third kappa shape index (κ3) is 1.92. The third-order valence-corrected chi connectivity index (χ3v) is 3.24. The largest absolute Gasteiger partial charge is 0.508 e. The van der Waals surface area contributed by atoms with Crippen LogP contribution < -0.4 is 14.9 Å². The molecule has 2 N–H and O–H groups in total. The fourth-order valence-corrected chi connectivity index (χ4v) is 2.29. The summed E-state index contributed by atoms with van der Waals surface area (Å²) in [4.78, 5) is 12.6. The fourth-order valence-electron chi connectivity index (χ4n) is 2.29. The lowest BCUT2D eigenvalue weighted by Crippen LogP contribution is -2.04. The SMILES string of the molecule is COc1cc(O)c2c(=O)c3c(OC)cc(O)cc3oc2c1. The number of hydrogen-bond donors (Lipinski definition) is 2. The number of benzene rings is 2. The Morgan fingerprint density at radius 2 is 1.67 bits per heavy atom. The molecule has 0 aliphatic heterocycles. The summed E-state index contributed by atoms with van der Waals surface area (Å²) >= 11 is 0. The van der Waals surface area contributed by atoms with Gasteiger partial charge in [0.2, 0.25) is 5.43 Å². The van der Waals surface area contributed by atoms with Gasteiger partial charge in [-0.05, 0) is 0 Å². The Morgan fingerprint density at radius 1 is 0.952 bits per heavy atom. The van der Waals surface area contributed by atoms with Crippen molar-refractivity contribution in [3.8, 4) is 23.0 Å². The molecular formula is C15H12O6. The predicted molar refractivity (Wildman–Crippen MR) is 76.4 cm³/mol. The summed E-state index contributed by atoms with van der Waals surface area (Å²) in [5, 5.41) is 19.8. The highest BCUT2D eigenvalue weighted by atomic mass is 16.5. The van der Waals surface area contributed by atoms with Crippen LogP contribution in [0.25, 0.3) is 21.9 Å². The Hall–Kier alpha value is -2.89. The number of aromatic hydroxyl groups is 2. The molecule has 6 nitrogen and oxygen atoms in total. The van der Waals surface area contributed by atoms with Gasteiger partial charge >= 0.3 is 0 Å². The molecule has 0 bridgehead atoms. The van der Waals surface area contributed by atoms with Crippen LogP contribution in [-0.4, -0.2) is 24.4 Å². The van der Waals surface area contributed by atoms with E-state index < -0.39 is 5.43 Å². The molecule has 1 heterocycles. The minimum atomic E-state index is -0.441. The Labute approximate surface area is 118 Å². The number of ether oxygens (including phenoxy) is 2. The number of rotatable bonds is 2. The van der Waals surface area contributed by atoms with Crippen molar-refractivity contribution >= 4 is 21.9 Å². The highest BCUT2D eigenvalue weighted by molar-refractivity contribution is 5.96. The average molecular weight is 288 g/mol. The normalized spacial score (nSPS) is 11.0. The monoisotopic (exact) mass is 288 g/mol. The molecular weight excluding hydrogens is 276 g/mol. The minimum Gasteiger partial charge on any atom is -0.508 e. The molecule has 0 atom stereocenters. The number of fused-ring (bicyclic) bond motifs is 2. The molecule has 0 unspecified atom stereocenters.